The molecule has 0 unspecified atom stereocenters. The topological polar surface area (TPSA) is 50.2 Å². The normalized spacial score (nSPS) is 15.2. The predicted molar refractivity (Wildman–Crippen MR) is 75.5 cm³/mol. The minimum Gasteiger partial charge on any atom is -0.481 e. The smallest absolute Gasteiger partial charge is 0.308 e. The lowest BCUT2D eigenvalue weighted by molar-refractivity contribution is -0.136. The summed E-state index contributed by atoms with van der Waals surface area (Å²) in [5, 5.41) is 10.1. The molecule has 3 nitrogen and oxygen atoms in total. The van der Waals surface area contributed by atoms with E-state index in [-0.39, 0.29) is 6.42 Å². The Hall–Kier alpha value is -1.68. The molecule has 1 N–H and O–H groups in total. The van der Waals surface area contributed by atoms with Gasteiger partial charge in [0.15, 0.2) is 0 Å². The summed E-state index contributed by atoms with van der Waals surface area (Å²) in [5.74, 6) is -0.240. The molecule has 1 aromatic heterocycles. The van der Waals surface area contributed by atoms with Gasteiger partial charge in [-0.1, -0.05) is 36.8 Å². The van der Waals surface area contributed by atoms with Crippen LogP contribution in [0.15, 0.2) is 30.3 Å². The summed E-state index contributed by atoms with van der Waals surface area (Å²) in [4.78, 5) is 16.6. The molecule has 19 heavy (non-hydrogen) atoms. The molecule has 1 saturated carbocycles. The molecule has 1 aliphatic carbocycles. The van der Waals surface area contributed by atoms with Gasteiger partial charge >= 0.3 is 5.97 Å². The van der Waals surface area contributed by atoms with Crippen molar-refractivity contribution in [1.82, 2.24) is 4.98 Å². The van der Waals surface area contributed by atoms with Crippen LogP contribution in [0.5, 0.6) is 0 Å². The van der Waals surface area contributed by atoms with Gasteiger partial charge in [-0.2, -0.15) is 0 Å². The van der Waals surface area contributed by atoms with Gasteiger partial charge in [-0.3, -0.25) is 4.79 Å². The van der Waals surface area contributed by atoms with Crippen LogP contribution >= 0.6 is 11.3 Å². The number of carbonyl (C=O) groups is 1. The van der Waals surface area contributed by atoms with Crippen LogP contribution in [0.2, 0.25) is 0 Å². The van der Waals surface area contributed by atoms with Crippen LogP contribution in [0.1, 0.15) is 35.1 Å². The van der Waals surface area contributed by atoms with Gasteiger partial charge in [0.1, 0.15) is 0 Å². The van der Waals surface area contributed by atoms with Gasteiger partial charge in [0, 0.05) is 16.4 Å². The number of aromatic nitrogens is 1. The second-order valence-corrected chi connectivity index (χ2v) is 6.00. The minimum absolute atomic E-state index is 0.0641. The van der Waals surface area contributed by atoms with Crippen molar-refractivity contribution in [3.8, 4) is 11.3 Å². The second-order valence-electron chi connectivity index (χ2n) is 4.89. The molecule has 3 rings (SSSR count). The van der Waals surface area contributed by atoms with Crippen molar-refractivity contribution in [3.05, 3.63) is 40.2 Å². The summed E-state index contributed by atoms with van der Waals surface area (Å²) in [6, 6.07) is 9.86. The summed E-state index contributed by atoms with van der Waals surface area (Å²) in [6.45, 7) is 0. The van der Waals surface area contributed by atoms with Crippen molar-refractivity contribution in [2.24, 2.45) is 0 Å². The quantitative estimate of drug-likeness (QED) is 0.924. The van der Waals surface area contributed by atoms with Crippen molar-refractivity contribution in [3.63, 3.8) is 0 Å². The fraction of sp³-hybridized carbons (Fsp3) is 0.333. The van der Waals surface area contributed by atoms with Gasteiger partial charge < -0.3 is 5.11 Å². The molecule has 1 heterocycles. The van der Waals surface area contributed by atoms with Gasteiger partial charge in [0.2, 0.25) is 0 Å². The van der Waals surface area contributed by atoms with E-state index in [1.54, 1.807) is 11.3 Å². The highest BCUT2D eigenvalue weighted by molar-refractivity contribution is 7.12. The molecule has 0 aliphatic heterocycles. The maximum absolute atomic E-state index is 11.0. The molecule has 2 aromatic rings. The van der Waals surface area contributed by atoms with Crippen LogP contribution in [-0.2, 0) is 11.2 Å². The predicted octanol–water partition coefficient (Wildman–Crippen LogP) is 3.70. The number of rotatable bonds is 4. The zero-order valence-corrected chi connectivity index (χ0v) is 11.3. The zero-order valence-electron chi connectivity index (χ0n) is 10.5. The second kappa shape index (κ2) is 5.13. The van der Waals surface area contributed by atoms with Gasteiger partial charge in [0.05, 0.1) is 17.1 Å². The van der Waals surface area contributed by atoms with Gasteiger partial charge in [-0.05, 0) is 12.8 Å². The first kappa shape index (κ1) is 12.4. The number of carboxylic acid groups (broad SMARTS) is 1. The SMILES string of the molecule is O=C(O)Cc1sc(C2CCC2)nc1-c1ccccc1. The fourth-order valence-corrected chi connectivity index (χ4v) is 3.53. The molecule has 0 bridgehead atoms. The first-order valence-electron chi connectivity index (χ1n) is 6.51. The molecule has 0 amide bonds. The standard InChI is InChI=1S/C15H15NO2S/c17-13(18)9-12-14(10-5-2-1-3-6-10)16-15(19-12)11-7-4-8-11/h1-3,5-6,11H,4,7-9H2,(H,17,18). The molecular weight excluding hydrogens is 258 g/mol. The zero-order chi connectivity index (χ0) is 13.2. The van der Waals surface area contributed by atoms with Crippen LogP contribution < -0.4 is 0 Å². The Balaban J connectivity index is 2.00. The number of hydrogen-bond donors (Lipinski definition) is 1. The maximum atomic E-state index is 11.0. The Morgan fingerprint density at radius 2 is 2.05 bits per heavy atom. The lowest BCUT2D eigenvalue weighted by atomic mass is 9.86. The highest BCUT2D eigenvalue weighted by atomic mass is 32.1. The molecule has 1 fully saturated rings. The molecular formula is C15H15NO2S. The largest absolute Gasteiger partial charge is 0.481 e. The summed E-state index contributed by atoms with van der Waals surface area (Å²) in [5.41, 5.74) is 1.87. The lowest BCUT2D eigenvalue weighted by Gasteiger charge is -2.22. The first-order chi connectivity index (χ1) is 9.24. The molecule has 0 saturated heterocycles. The third-order valence-electron chi connectivity index (χ3n) is 3.53. The summed E-state index contributed by atoms with van der Waals surface area (Å²) >= 11 is 1.57. The molecule has 4 heteroatoms. The van der Waals surface area contributed by atoms with E-state index in [9.17, 15) is 4.79 Å². The van der Waals surface area contributed by atoms with Crippen LogP contribution in [0.25, 0.3) is 11.3 Å². The molecule has 1 aliphatic rings. The van der Waals surface area contributed by atoms with E-state index in [1.165, 1.54) is 19.3 Å². The Morgan fingerprint density at radius 1 is 1.32 bits per heavy atom. The van der Waals surface area contributed by atoms with E-state index < -0.39 is 5.97 Å². The number of benzene rings is 1. The van der Waals surface area contributed by atoms with E-state index in [4.69, 9.17) is 10.1 Å². The highest BCUT2D eigenvalue weighted by Gasteiger charge is 2.25. The van der Waals surface area contributed by atoms with Gasteiger partial charge in [-0.15, -0.1) is 11.3 Å². The monoisotopic (exact) mass is 273 g/mol. The van der Waals surface area contributed by atoms with E-state index >= 15 is 0 Å². The molecule has 98 valence electrons. The van der Waals surface area contributed by atoms with E-state index in [1.807, 2.05) is 30.3 Å². The highest BCUT2D eigenvalue weighted by Crippen LogP contribution is 2.41. The van der Waals surface area contributed by atoms with E-state index in [0.717, 1.165) is 21.1 Å². The fourth-order valence-electron chi connectivity index (χ4n) is 2.28. The van der Waals surface area contributed by atoms with E-state index in [0.29, 0.717) is 5.92 Å². The molecule has 0 spiro atoms. The Morgan fingerprint density at radius 3 is 2.63 bits per heavy atom. The van der Waals surface area contributed by atoms with E-state index in [2.05, 4.69) is 0 Å². The number of thiazole rings is 1. The maximum Gasteiger partial charge on any atom is 0.308 e. The van der Waals surface area contributed by atoms with Gasteiger partial charge in [-0.25, -0.2) is 4.98 Å². The third kappa shape index (κ3) is 2.54. The van der Waals surface area contributed by atoms with Crippen LogP contribution in [-0.4, -0.2) is 16.1 Å². The van der Waals surface area contributed by atoms with Gasteiger partial charge in [0.25, 0.3) is 0 Å². The summed E-state index contributed by atoms with van der Waals surface area (Å²) in [7, 11) is 0. The van der Waals surface area contributed by atoms with Crippen molar-refractivity contribution in [2.45, 2.75) is 31.6 Å². The number of nitrogens with zero attached hydrogens (tertiary/aromatic N) is 1. The number of carboxylic acids is 1. The summed E-state index contributed by atoms with van der Waals surface area (Å²) in [6.07, 6.45) is 3.70. The van der Waals surface area contributed by atoms with Crippen LogP contribution in [0, 0.1) is 0 Å². The van der Waals surface area contributed by atoms with Crippen molar-refractivity contribution >= 4 is 17.3 Å². The van der Waals surface area contributed by atoms with Crippen molar-refractivity contribution in [2.75, 3.05) is 0 Å². The average molecular weight is 273 g/mol. The van der Waals surface area contributed by atoms with Crippen molar-refractivity contribution < 1.29 is 9.90 Å². The lowest BCUT2D eigenvalue weighted by Crippen LogP contribution is -2.07. The molecule has 0 radical (unpaired) electrons. The molecule has 1 aromatic carbocycles. The Labute approximate surface area is 115 Å². The van der Waals surface area contributed by atoms with Crippen molar-refractivity contribution in [1.29, 1.82) is 0 Å². The first-order valence-corrected chi connectivity index (χ1v) is 7.32. The number of hydrogen-bond acceptors (Lipinski definition) is 3. The van der Waals surface area contributed by atoms with Crippen LogP contribution in [0.4, 0.5) is 0 Å². The Kier molecular flexibility index (Phi) is 3.34. The third-order valence-corrected chi connectivity index (χ3v) is 4.75. The Bertz CT molecular complexity index is 587. The number of aliphatic carboxylic acids is 1. The van der Waals surface area contributed by atoms with Crippen LogP contribution in [0.3, 0.4) is 0 Å². The molecule has 0 atom stereocenters. The average Bonchev–Trinajstić information content (AvgIpc) is 2.70. The minimum atomic E-state index is -0.791. The summed E-state index contributed by atoms with van der Waals surface area (Å²) < 4.78 is 0.